The summed E-state index contributed by atoms with van der Waals surface area (Å²) < 4.78 is 0. The SMILES string of the molecule is CN(C)C=C(C(=O)c1cccs1)c1ccc(Cl)nc1. The number of carbonyl (C=O) groups is 1. The first-order valence-corrected chi connectivity index (χ1v) is 6.92. The summed E-state index contributed by atoms with van der Waals surface area (Å²) in [5.74, 6) is -0.00665. The van der Waals surface area contributed by atoms with Gasteiger partial charge in [-0.2, -0.15) is 0 Å². The quantitative estimate of drug-likeness (QED) is 0.490. The van der Waals surface area contributed by atoms with Crippen LogP contribution in [0.25, 0.3) is 5.57 Å². The van der Waals surface area contributed by atoms with Gasteiger partial charge >= 0.3 is 0 Å². The largest absolute Gasteiger partial charge is 0.383 e. The number of ketones is 1. The Morgan fingerprint density at radius 1 is 1.37 bits per heavy atom. The van der Waals surface area contributed by atoms with Gasteiger partial charge in [0.15, 0.2) is 0 Å². The summed E-state index contributed by atoms with van der Waals surface area (Å²) in [6, 6.07) is 7.17. The number of aromatic nitrogens is 1. The number of thiophene rings is 1. The Labute approximate surface area is 121 Å². The highest BCUT2D eigenvalue weighted by Gasteiger charge is 2.16. The third-order valence-electron chi connectivity index (χ3n) is 2.42. The minimum atomic E-state index is -0.00665. The summed E-state index contributed by atoms with van der Waals surface area (Å²) >= 11 is 7.21. The number of hydrogen-bond acceptors (Lipinski definition) is 4. The Morgan fingerprint density at radius 3 is 2.68 bits per heavy atom. The van der Waals surface area contributed by atoms with Crippen LogP contribution in [0.15, 0.2) is 42.0 Å². The number of Topliss-reactive ketones (excluding diaryl/α,β-unsaturated/α-hetero) is 1. The number of rotatable bonds is 4. The molecule has 0 aromatic carbocycles. The molecule has 98 valence electrons. The zero-order valence-corrected chi connectivity index (χ0v) is 12.2. The number of pyridine rings is 1. The third kappa shape index (κ3) is 3.43. The molecular weight excluding hydrogens is 280 g/mol. The van der Waals surface area contributed by atoms with Gasteiger partial charge in [0.25, 0.3) is 0 Å². The molecule has 2 aromatic rings. The number of hydrogen-bond donors (Lipinski definition) is 0. The predicted molar refractivity (Wildman–Crippen MR) is 79.6 cm³/mol. The van der Waals surface area contributed by atoms with Crippen molar-refractivity contribution in [1.29, 1.82) is 0 Å². The van der Waals surface area contributed by atoms with E-state index in [0.717, 1.165) is 5.56 Å². The smallest absolute Gasteiger partial charge is 0.205 e. The molecule has 0 unspecified atom stereocenters. The molecule has 0 saturated heterocycles. The van der Waals surface area contributed by atoms with Gasteiger partial charge in [-0.1, -0.05) is 17.7 Å². The van der Waals surface area contributed by atoms with Crippen molar-refractivity contribution in [2.24, 2.45) is 0 Å². The molecule has 0 aliphatic heterocycles. The molecule has 0 aliphatic rings. The van der Waals surface area contributed by atoms with Crippen LogP contribution in [0.4, 0.5) is 0 Å². The summed E-state index contributed by atoms with van der Waals surface area (Å²) in [6.45, 7) is 0. The average Bonchev–Trinajstić information content (AvgIpc) is 2.90. The van der Waals surface area contributed by atoms with Crippen LogP contribution >= 0.6 is 22.9 Å². The molecule has 0 radical (unpaired) electrons. The molecule has 0 amide bonds. The van der Waals surface area contributed by atoms with Crippen LogP contribution < -0.4 is 0 Å². The van der Waals surface area contributed by atoms with E-state index < -0.39 is 0 Å². The van der Waals surface area contributed by atoms with Crippen LogP contribution in [0.2, 0.25) is 5.15 Å². The van der Waals surface area contributed by atoms with Crippen LogP contribution in [0.1, 0.15) is 15.2 Å². The lowest BCUT2D eigenvalue weighted by atomic mass is 10.0. The second kappa shape index (κ2) is 5.99. The zero-order chi connectivity index (χ0) is 13.8. The van der Waals surface area contributed by atoms with Crippen molar-refractivity contribution in [3.8, 4) is 0 Å². The van der Waals surface area contributed by atoms with Gasteiger partial charge in [0, 0.05) is 37.6 Å². The number of nitrogens with zero attached hydrogens (tertiary/aromatic N) is 2. The molecular formula is C14H13ClN2OS. The lowest BCUT2D eigenvalue weighted by Gasteiger charge is -2.10. The van der Waals surface area contributed by atoms with E-state index in [9.17, 15) is 4.79 Å². The minimum absolute atomic E-state index is 0.00665. The van der Waals surface area contributed by atoms with Gasteiger partial charge in [0.05, 0.1) is 4.88 Å². The van der Waals surface area contributed by atoms with Crippen LogP contribution in [0.5, 0.6) is 0 Å². The van der Waals surface area contributed by atoms with E-state index in [1.165, 1.54) is 11.3 Å². The summed E-state index contributed by atoms with van der Waals surface area (Å²) in [5.41, 5.74) is 1.37. The van der Waals surface area contributed by atoms with Crippen molar-refractivity contribution in [2.45, 2.75) is 0 Å². The summed E-state index contributed by atoms with van der Waals surface area (Å²) in [4.78, 5) is 19.1. The molecule has 0 bridgehead atoms. The van der Waals surface area contributed by atoms with Crippen molar-refractivity contribution in [3.05, 3.63) is 57.6 Å². The van der Waals surface area contributed by atoms with E-state index >= 15 is 0 Å². The molecule has 3 nitrogen and oxygen atoms in total. The molecule has 19 heavy (non-hydrogen) atoms. The van der Waals surface area contributed by atoms with E-state index in [0.29, 0.717) is 15.6 Å². The number of halogens is 1. The molecule has 0 saturated carbocycles. The topological polar surface area (TPSA) is 33.2 Å². The minimum Gasteiger partial charge on any atom is -0.383 e. The van der Waals surface area contributed by atoms with E-state index in [2.05, 4.69) is 4.98 Å². The second-order valence-electron chi connectivity index (χ2n) is 4.18. The molecule has 0 atom stereocenters. The van der Waals surface area contributed by atoms with Crippen molar-refractivity contribution in [2.75, 3.05) is 14.1 Å². The van der Waals surface area contributed by atoms with Gasteiger partial charge < -0.3 is 4.90 Å². The fraction of sp³-hybridized carbons (Fsp3) is 0.143. The van der Waals surface area contributed by atoms with E-state index in [-0.39, 0.29) is 5.78 Å². The first-order chi connectivity index (χ1) is 9.08. The fourth-order valence-electron chi connectivity index (χ4n) is 1.60. The molecule has 0 aliphatic carbocycles. The Bertz CT molecular complexity index is 588. The monoisotopic (exact) mass is 292 g/mol. The van der Waals surface area contributed by atoms with Crippen LogP contribution in [-0.2, 0) is 0 Å². The highest BCUT2D eigenvalue weighted by atomic mass is 35.5. The fourth-order valence-corrected chi connectivity index (χ4v) is 2.39. The summed E-state index contributed by atoms with van der Waals surface area (Å²) in [5, 5.41) is 2.30. The van der Waals surface area contributed by atoms with Gasteiger partial charge in [0.1, 0.15) is 5.15 Å². The van der Waals surface area contributed by atoms with Gasteiger partial charge in [-0.25, -0.2) is 4.98 Å². The normalized spacial score (nSPS) is 11.4. The lowest BCUT2D eigenvalue weighted by molar-refractivity contribution is 0.105. The Hall–Kier alpha value is -1.65. The molecule has 0 spiro atoms. The van der Waals surface area contributed by atoms with Crippen molar-refractivity contribution in [1.82, 2.24) is 9.88 Å². The molecule has 0 N–H and O–H groups in total. The van der Waals surface area contributed by atoms with Gasteiger partial charge in [0.2, 0.25) is 5.78 Å². The van der Waals surface area contributed by atoms with Crippen molar-refractivity contribution < 1.29 is 4.79 Å². The maximum Gasteiger partial charge on any atom is 0.205 e. The zero-order valence-electron chi connectivity index (χ0n) is 10.6. The van der Waals surface area contributed by atoms with Gasteiger partial charge in [-0.3, -0.25) is 4.79 Å². The molecule has 2 heterocycles. The summed E-state index contributed by atoms with van der Waals surface area (Å²) in [6.07, 6.45) is 3.41. The molecule has 5 heteroatoms. The maximum atomic E-state index is 12.5. The van der Waals surface area contributed by atoms with Crippen LogP contribution in [-0.4, -0.2) is 29.8 Å². The number of carbonyl (C=O) groups excluding carboxylic acids is 1. The Kier molecular flexibility index (Phi) is 4.35. The first kappa shape index (κ1) is 13.8. The van der Waals surface area contributed by atoms with Crippen molar-refractivity contribution in [3.63, 3.8) is 0 Å². The van der Waals surface area contributed by atoms with Crippen LogP contribution in [0, 0.1) is 0 Å². The average molecular weight is 293 g/mol. The van der Waals surface area contributed by atoms with Crippen molar-refractivity contribution >= 4 is 34.3 Å². The Balaban J connectivity index is 2.42. The number of allylic oxidation sites excluding steroid dienone is 1. The van der Waals surface area contributed by atoms with E-state index in [1.807, 2.05) is 36.5 Å². The van der Waals surface area contributed by atoms with Crippen LogP contribution in [0.3, 0.4) is 0 Å². The molecule has 2 aromatic heterocycles. The highest BCUT2D eigenvalue weighted by molar-refractivity contribution is 7.12. The lowest BCUT2D eigenvalue weighted by Crippen LogP contribution is -2.08. The third-order valence-corrected chi connectivity index (χ3v) is 3.51. The molecule has 2 rings (SSSR count). The first-order valence-electron chi connectivity index (χ1n) is 5.66. The van der Waals surface area contributed by atoms with Gasteiger partial charge in [-0.15, -0.1) is 11.3 Å². The summed E-state index contributed by atoms with van der Waals surface area (Å²) in [7, 11) is 3.76. The standard InChI is InChI=1S/C14H13ClN2OS/c1-17(2)9-11(10-5-6-13(15)16-8-10)14(18)12-4-3-7-19-12/h3-9H,1-2H3. The van der Waals surface area contributed by atoms with Gasteiger partial charge in [-0.05, 0) is 23.6 Å². The van der Waals surface area contributed by atoms with E-state index in [4.69, 9.17) is 11.6 Å². The molecule has 0 fully saturated rings. The maximum absolute atomic E-state index is 12.5. The predicted octanol–water partition coefficient (Wildman–Crippen LogP) is 3.58. The highest BCUT2D eigenvalue weighted by Crippen LogP contribution is 2.23. The Morgan fingerprint density at radius 2 is 2.16 bits per heavy atom. The van der Waals surface area contributed by atoms with E-state index in [1.54, 1.807) is 24.5 Å². The second-order valence-corrected chi connectivity index (χ2v) is 5.52.